The molecule has 142 valence electrons. The molecule has 0 radical (unpaired) electrons. The minimum absolute atomic E-state index is 0.00450. The number of piperidine rings is 1. The molecule has 27 heavy (non-hydrogen) atoms. The fourth-order valence-corrected chi connectivity index (χ4v) is 3.46. The van der Waals surface area contributed by atoms with Gasteiger partial charge in [-0.2, -0.15) is 0 Å². The molecule has 8 heteroatoms. The molecule has 1 unspecified atom stereocenters. The Hall–Kier alpha value is -2.32. The van der Waals surface area contributed by atoms with E-state index < -0.39 is 4.92 Å². The molecular weight excluding hydrogens is 412 g/mol. The Balaban J connectivity index is 1.50. The summed E-state index contributed by atoms with van der Waals surface area (Å²) in [6.45, 7) is 2.51. The molecule has 2 heterocycles. The molecule has 7 nitrogen and oxygen atoms in total. The van der Waals surface area contributed by atoms with E-state index in [1.807, 2.05) is 6.07 Å². The molecule has 1 N–H and O–H groups in total. The minimum Gasteiger partial charge on any atom is -0.310 e. The second-order valence-corrected chi connectivity index (χ2v) is 7.58. The quantitative estimate of drug-likeness (QED) is 0.555. The maximum absolute atomic E-state index is 12.5. The van der Waals surface area contributed by atoms with E-state index in [2.05, 4.69) is 31.1 Å². The van der Waals surface area contributed by atoms with Gasteiger partial charge in [0.25, 0.3) is 5.69 Å². The average molecular weight is 433 g/mol. The first-order valence-electron chi connectivity index (χ1n) is 8.89. The third-order valence-electron chi connectivity index (χ3n) is 4.72. The van der Waals surface area contributed by atoms with Gasteiger partial charge in [0.05, 0.1) is 10.8 Å². The van der Waals surface area contributed by atoms with Crippen molar-refractivity contribution < 1.29 is 9.72 Å². The highest BCUT2D eigenvalue weighted by atomic mass is 79.9. The van der Waals surface area contributed by atoms with E-state index >= 15 is 0 Å². The largest absolute Gasteiger partial charge is 0.310 e. The van der Waals surface area contributed by atoms with Gasteiger partial charge in [-0.15, -0.1) is 0 Å². The number of halogens is 1. The number of nitrogens with zero attached hydrogens (tertiary/aromatic N) is 3. The smallest absolute Gasteiger partial charge is 0.269 e. The molecule has 1 aromatic heterocycles. The molecule has 0 spiro atoms. The van der Waals surface area contributed by atoms with Gasteiger partial charge < -0.3 is 10.2 Å². The lowest BCUT2D eigenvalue weighted by Crippen LogP contribution is -2.41. The fraction of sp³-hybridized carbons (Fsp3) is 0.368. The number of nitrogens with one attached hydrogen (secondary N) is 1. The molecule has 1 aliphatic heterocycles. The normalized spacial score (nSPS) is 17.4. The van der Waals surface area contributed by atoms with Crippen LogP contribution >= 0.6 is 15.9 Å². The van der Waals surface area contributed by atoms with Gasteiger partial charge in [-0.1, -0.05) is 12.1 Å². The van der Waals surface area contributed by atoms with Crippen LogP contribution < -0.4 is 5.32 Å². The van der Waals surface area contributed by atoms with Crippen LogP contribution in [0.2, 0.25) is 0 Å². The number of amides is 1. The summed E-state index contributed by atoms with van der Waals surface area (Å²) in [5.41, 5.74) is 1.17. The molecule has 0 saturated carbocycles. The number of nitro benzene ring substituents is 1. The highest BCUT2D eigenvalue weighted by Crippen LogP contribution is 2.20. The molecule has 1 aliphatic rings. The van der Waals surface area contributed by atoms with Gasteiger partial charge in [0, 0.05) is 35.9 Å². The van der Waals surface area contributed by atoms with Gasteiger partial charge in [-0.3, -0.25) is 14.9 Å². The van der Waals surface area contributed by atoms with Crippen molar-refractivity contribution in [3.63, 3.8) is 0 Å². The summed E-state index contributed by atoms with van der Waals surface area (Å²) >= 11 is 3.33. The lowest BCUT2D eigenvalue weighted by molar-refractivity contribution is -0.384. The molecule has 2 aromatic rings. The zero-order valence-corrected chi connectivity index (χ0v) is 16.4. The van der Waals surface area contributed by atoms with Crippen LogP contribution in [0.1, 0.15) is 18.4 Å². The third kappa shape index (κ3) is 5.58. The number of carbonyl (C=O) groups excluding carboxylic acids is 1. The first-order valence-corrected chi connectivity index (χ1v) is 9.68. The van der Waals surface area contributed by atoms with Crippen molar-refractivity contribution in [3.05, 3.63) is 62.7 Å². The Labute approximate surface area is 166 Å². The molecule has 0 aliphatic carbocycles. The summed E-state index contributed by atoms with van der Waals surface area (Å²) < 4.78 is 0.871. The molecule has 1 amide bonds. The monoisotopic (exact) mass is 432 g/mol. The van der Waals surface area contributed by atoms with E-state index in [-0.39, 0.29) is 17.5 Å². The molecule has 1 saturated heterocycles. The van der Waals surface area contributed by atoms with Gasteiger partial charge in [0.2, 0.25) is 5.91 Å². The maximum Gasteiger partial charge on any atom is 0.269 e. The summed E-state index contributed by atoms with van der Waals surface area (Å²) in [5, 5.41) is 13.6. The Morgan fingerprint density at radius 1 is 1.30 bits per heavy atom. The molecule has 1 aromatic carbocycles. The van der Waals surface area contributed by atoms with Crippen molar-refractivity contribution >= 4 is 33.3 Å². The first-order chi connectivity index (χ1) is 13.0. The highest BCUT2D eigenvalue weighted by molar-refractivity contribution is 9.10. The highest BCUT2D eigenvalue weighted by Gasteiger charge is 2.25. The van der Waals surface area contributed by atoms with Crippen LogP contribution in [-0.2, 0) is 11.2 Å². The summed E-state index contributed by atoms with van der Waals surface area (Å²) in [6, 6.07) is 10.3. The van der Waals surface area contributed by atoms with E-state index in [9.17, 15) is 14.9 Å². The van der Waals surface area contributed by atoms with E-state index in [1.54, 1.807) is 24.4 Å². The van der Waals surface area contributed by atoms with Crippen molar-refractivity contribution in [1.82, 2.24) is 9.88 Å². The predicted octanol–water partition coefficient (Wildman–Crippen LogP) is 3.65. The van der Waals surface area contributed by atoms with Crippen LogP contribution in [0.15, 0.2) is 47.1 Å². The maximum atomic E-state index is 12.5. The number of non-ortho nitro benzene ring substituents is 1. The topological polar surface area (TPSA) is 88.4 Å². The zero-order chi connectivity index (χ0) is 19.2. The van der Waals surface area contributed by atoms with Crippen molar-refractivity contribution in [3.8, 4) is 0 Å². The molecule has 1 fully saturated rings. The summed E-state index contributed by atoms with van der Waals surface area (Å²) in [4.78, 5) is 29.3. The van der Waals surface area contributed by atoms with Gasteiger partial charge in [0.15, 0.2) is 0 Å². The summed E-state index contributed by atoms with van der Waals surface area (Å²) in [6.07, 6.45) is 4.32. The van der Waals surface area contributed by atoms with Crippen LogP contribution in [0.3, 0.4) is 0 Å². The molecule has 0 bridgehead atoms. The fourth-order valence-electron chi connectivity index (χ4n) is 3.22. The Morgan fingerprint density at radius 3 is 2.74 bits per heavy atom. The van der Waals surface area contributed by atoms with Crippen molar-refractivity contribution in [2.75, 3.05) is 25.0 Å². The number of anilines is 1. The second kappa shape index (κ2) is 9.05. The number of aromatic nitrogens is 1. The SMILES string of the molecule is O=C(Nc1ccc(Br)cn1)C1CCCN(CCc2ccc([N+](=O)[O-])cc2)C1. The zero-order valence-electron chi connectivity index (χ0n) is 14.8. The third-order valence-corrected chi connectivity index (χ3v) is 5.19. The van der Waals surface area contributed by atoms with E-state index in [0.29, 0.717) is 5.82 Å². The Bertz CT molecular complexity index is 796. The lowest BCUT2D eigenvalue weighted by atomic mass is 9.96. The number of benzene rings is 1. The van der Waals surface area contributed by atoms with Crippen molar-refractivity contribution in [2.24, 2.45) is 5.92 Å². The average Bonchev–Trinajstić information content (AvgIpc) is 2.68. The van der Waals surface area contributed by atoms with E-state index in [1.165, 1.54) is 12.1 Å². The standard InChI is InChI=1S/C19H21BrN4O3/c20-16-5-8-18(21-12-16)22-19(25)15-2-1-10-23(13-15)11-9-14-3-6-17(7-4-14)24(26)27/h3-8,12,15H,1-2,9-11,13H2,(H,21,22,25). The van der Waals surface area contributed by atoms with Crippen molar-refractivity contribution in [1.29, 1.82) is 0 Å². The Morgan fingerprint density at radius 2 is 2.07 bits per heavy atom. The van der Waals surface area contributed by atoms with Gasteiger partial charge >= 0.3 is 0 Å². The molecular formula is C19H21BrN4O3. The van der Waals surface area contributed by atoms with E-state index in [0.717, 1.165) is 48.9 Å². The summed E-state index contributed by atoms with van der Waals surface area (Å²) in [7, 11) is 0. The predicted molar refractivity (Wildman–Crippen MR) is 107 cm³/mol. The first kappa shape index (κ1) is 19.4. The Kier molecular flexibility index (Phi) is 6.52. The summed E-state index contributed by atoms with van der Waals surface area (Å²) in [5.74, 6) is 0.511. The van der Waals surface area contributed by atoms with Crippen molar-refractivity contribution in [2.45, 2.75) is 19.3 Å². The van der Waals surface area contributed by atoms with Gasteiger partial charge in [-0.25, -0.2) is 4.98 Å². The van der Waals surface area contributed by atoms with Gasteiger partial charge in [-0.05, 0) is 59.4 Å². The number of carbonyl (C=O) groups is 1. The minimum atomic E-state index is -0.391. The number of hydrogen-bond acceptors (Lipinski definition) is 5. The number of rotatable bonds is 6. The molecule has 1 atom stereocenters. The second-order valence-electron chi connectivity index (χ2n) is 6.66. The number of hydrogen-bond donors (Lipinski definition) is 1. The van der Waals surface area contributed by atoms with Crippen LogP contribution in [0, 0.1) is 16.0 Å². The van der Waals surface area contributed by atoms with Crippen LogP contribution in [0.25, 0.3) is 0 Å². The molecule has 3 rings (SSSR count). The van der Waals surface area contributed by atoms with Gasteiger partial charge in [0.1, 0.15) is 5.82 Å². The number of nitro groups is 1. The number of pyridine rings is 1. The lowest BCUT2D eigenvalue weighted by Gasteiger charge is -2.31. The van der Waals surface area contributed by atoms with Crippen LogP contribution in [-0.4, -0.2) is 40.3 Å². The van der Waals surface area contributed by atoms with E-state index in [4.69, 9.17) is 0 Å². The van der Waals surface area contributed by atoms with Crippen LogP contribution in [0.5, 0.6) is 0 Å². The number of likely N-dealkylation sites (tertiary alicyclic amines) is 1. The van der Waals surface area contributed by atoms with Crippen LogP contribution in [0.4, 0.5) is 11.5 Å².